The minimum absolute atomic E-state index is 0.00191. The molecule has 1 fully saturated rings. The zero-order valence-electron chi connectivity index (χ0n) is 24.7. The van der Waals surface area contributed by atoms with Gasteiger partial charge in [0, 0.05) is 30.3 Å². The van der Waals surface area contributed by atoms with Crippen molar-refractivity contribution in [1.29, 1.82) is 5.26 Å². The zero-order valence-corrected chi connectivity index (χ0v) is 25.5. The topological polar surface area (TPSA) is 99.5 Å². The van der Waals surface area contributed by atoms with Gasteiger partial charge in [-0.15, -0.1) is 0 Å². The van der Waals surface area contributed by atoms with Gasteiger partial charge in [0.25, 0.3) is 5.91 Å². The standard InChI is InChI=1S/C33H36F3N3O4S/c1-3-43-22-29-16-9-26(23-5-12-27(13-6-23)33(34,35)36)21-39(29)28-14-7-25(8-15-28)32(40)38-31(19-20-37)24-10-17-30(18-11-24)44(41,42)4-2/h5-8,10-15,17-18,26,29,31H,3-4,9,16,19,21-22H2,1-2H3,(H,38,40)/t26?,29?,31-/m1/s1. The minimum atomic E-state index is -4.38. The van der Waals surface area contributed by atoms with Crippen molar-refractivity contribution in [1.82, 2.24) is 5.32 Å². The number of nitrogens with zero attached hydrogens (tertiary/aromatic N) is 2. The maximum absolute atomic E-state index is 13.2. The van der Waals surface area contributed by atoms with E-state index in [1.807, 2.05) is 19.1 Å². The Labute approximate surface area is 256 Å². The second-order valence-electron chi connectivity index (χ2n) is 10.8. The van der Waals surface area contributed by atoms with E-state index in [-0.39, 0.29) is 34.9 Å². The molecule has 1 aliphatic heterocycles. The molecule has 1 saturated heterocycles. The fourth-order valence-electron chi connectivity index (χ4n) is 5.45. The number of rotatable bonds is 11. The summed E-state index contributed by atoms with van der Waals surface area (Å²) in [6, 6.07) is 20.1. The maximum atomic E-state index is 13.2. The molecule has 1 aliphatic rings. The summed E-state index contributed by atoms with van der Waals surface area (Å²) in [5.74, 6) is -0.377. The first-order chi connectivity index (χ1) is 21.0. The normalized spacial score (nSPS) is 18.0. The van der Waals surface area contributed by atoms with Crippen LogP contribution >= 0.6 is 0 Å². The largest absolute Gasteiger partial charge is 0.416 e. The highest BCUT2D eigenvalue weighted by Crippen LogP contribution is 2.36. The summed E-state index contributed by atoms with van der Waals surface area (Å²) in [4.78, 5) is 15.5. The van der Waals surface area contributed by atoms with Gasteiger partial charge in [0.05, 0.1) is 47.4 Å². The minimum Gasteiger partial charge on any atom is -0.380 e. The molecule has 3 aromatic rings. The van der Waals surface area contributed by atoms with E-state index in [9.17, 15) is 31.6 Å². The van der Waals surface area contributed by atoms with E-state index in [2.05, 4.69) is 16.3 Å². The number of hydrogen-bond acceptors (Lipinski definition) is 6. The Bertz CT molecular complexity index is 1550. The summed E-state index contributed by atoms with van der Waals surface area (Å²) in [6.45, 7) is 5.14. The van der Waals surface area contributed by atoms with Gasteiger partial charge in [-0.05, 0) is 79.4 Å². The van der Waals surface area contributed by atoms with E-state index >= 15 is 0 Å². The van der Waals surface area contributed by atoms with Gasteiger partial charge in [-0.2, -0.15) is 18.4 Å². The van der Waals surface area contributed by atoms with Gasteiger partial charge in [0.1, 0.15) is 0 Å². The van der Waals surface area contributed by atoms with Gasteiger partial charge in [-0.1, -0.05) is 31.2 Å². The molecule has 0 aromatic heterocycles. The van der Waals surface area contributed by atoms with Crippen LogP contribution in [0.2, 0.25) is 0 Å². The summed E-state index contributed by atoms with van der Waals surface area (Å²) in [7, 11) is -3.37. The number of benzene rings is 3. The molecule has 2 unspecified atom stereocenters. The van der Waals surface area contributed by atoms with Crippen molar-refractivity contribution in [3.8, 4) is 6.07 Å². The molecule has 3 aromatic carbocycles. The van der Waals surface area contributed by atoms with Crippen LogP contribution < -0.4 is 10.2 Å². The second kappa shape index (κ2) is 14.3. The van der Waals surface area contributed by atoms with Crippen LogP contribution in [-0.4, -0.2) is 45.9 Å². The van der Waals surface area contributed by atoms with Crippen molar-refractivity contribution in [2.75, 3.05) is 30.4 Å². The summed E-state index contributed by atoms with van der Waals surface area (Å²) in [5, 5.41) is 12.2. The van der Waals surface area contributed by atoms with Crippen molar-refractivity contribution in [2.24, 2.45) is 0 Å². The molecule has 7 nitrogen and oxygen atoms in total. The molecule has 234 valence electrons. The molecule has 0 spiro atoms. The number of nitriles is 1. The molecule has 1 N–H and O–H groups in total. The Morgan fingerprint density at radius 3 is 2.25 bits per heavy atom. The molecule has 0 radical (unpaired) electrons. The molecular formula is C33H36F3N3O4S. The quantitative estimate of drug-likeness (QED) is 0.255. The first-order valence-electron chi connectivity index (χ1n) is 14.6. The number of hydrogen-bond donors (Lipinski definition) is 1. The van der Waals surface area contributed by atoms with Gasteiger partial charge in [0.15, 0.2) is 9.84 Å². The molecule has 44 heavy (non-hydrogen) atoms. The summed E-state index contributed by atoms with van der Waals surface area (Å²) < 4.78 is 69.3. The molecule has 0 saturated carbocycles. The van der Waals surface area contributed by atoms with Gasteiger partial charge in [0.2, 0.25) is 0 Å². The molecule has 11 heteroatoms. The maximum Gasteiger partial charge on any atom is 0.416 e. The van der Waals surface area contributed by atoms with E-state index in [4.69, 9.17) is 4.74 Å². The Kier molecular flexibility index (Phi) is 10.7. The average molecular weight is 628 g/mol. The highest BCUT2D eigenvalue weighted by Gasteiger charge is 2.32. The molecule has 0 bridgehead atoms. The first-order valence-corrected chi connectivity index (χ1v) is 16.2. The van der Waals surface area contributed by atoms with E-state index in [0.717, 1.165) is 36.2 Å². The SMILES string of the molecule is CCOCC1CCC(c2ccc(C(F)(F)F)cc2)CN1c1ccc(C(=O)N[C@H](CC#N)c2ccc(S(=O)(=O)CC)cc2)cc1. The number of sulfone groups is 1. The summed E-state index contributed by atoms with van der Waals surface area (Å²) in [6.07, 6.45) is -2.78. The van der Waals surface area contributed by atoms with E-state index in [1.54, 1.807) is 43.3 Å². The van der Waals surface area contributed by atoms with Crippen molar-refractivity contribution in [3.63, 3.8) is 0 Å². The number of piperidine rings is 1. The number of halogens is 3. The van der Waals surface area contributed by atoms with Crippen LogP contribution in [0.4, 0.5) is 18.9 Å². The second-order valence-corrected chi connectivity index (χ2v) is 13.0. The number of carbonyl (C=O) groups is 1. The van der Waals surface area contributed by atoms with Crippen LogP contribution in [0, 0.1) is 11.3 Å². The molecular weight excluding hydrogens is 591 g/mol. The number of ether oxygens (including phenoxy) is 1. The lowest BCUT2D eigenvalue weighted by Crippen LogP contribution is -2.45. The number of nitrogens with one attached hydrogen (secondary N) is 1. The van der Waals surface area contributed by atoms with Crippen LogP contribution in [0.15, 0.2) is 77.7 Å². The van der Waals surface area contributed by atoms with Crippen LogP contribution in [0.1, 0.15) is 72.1 Å². The monoisotopic (exact) mass is 627 g/mol. The molecule has 3 atom stereocenters. The van der Waals surface area contributed by atoms with Crippen molar-refractivity contribution in [2.45, 2.75) is 62.2 Å². The van der Waals surface area contributed by atoms with Crippen LogP contribution in [0.5, 0.6) is 0 Å². The number of amides is 1. The smallest absolute Gasteiger partial charge is 0.380 e. The number of alkyl halides is 3. The summed E-state index contributed by atoms with van der Waals surface area (Å²) >= 11 is 0. The van der Waals surface area contributed by atoms with Crippen LogP contribution in [0.3, 0.4) is 0 Å². The van der Waals surface area contributed by atoms with E-state index in [0.29, 0.717) is 30.9 Å². The van der Waals surface area contributed by atoms with Crippen molar-refractivity contribution in [3.05, 3.63) is 95.1 Å². The Morgan fingerprint density at radius 1 is 1.02 bits per heavy atom. The van der Waals surface area contributed by atoms with Crippen LogP contribution in [0.25, 0.3) is 0 Å². The van der Waals surface area contributed by atoms with Crippen LogP contribution in [-0.2, 0) is 20.8 Å². The fraction of sp³-hybridized carbons (Fsp3) is 0.394. The first kappa shape index (κ1) is 33.0. The van der Waals surface area contributed by atoms with Crippen molar-refractivity contribution >= 4 is 21.4 Å². The lowest BCUT2D eigenvalue weighted by Gasteiger charge is -2.41. The molecule has 1 heterocycles. The lowest BCUT2D eigenvalue weighted by molar-refractivity contribution is -0.137. The fourth-order valence-corrected chi connectivity index (χ4v) is 6.33. The Morgan fingerprint density at radius 2 is 1.68 bits per heavy atom. The Balaban J connectivity index is 1.50. The highest BCUT2D eigenvalue weighted by molar-refractivity contribution is 7.91. The van der Waals surface area contributed by atoms with E-state index in [1.165, 1.54) is 12.1 Å². The third-order valence-electron chi connectivity index (χ3n) is 8.01. The lowest BCUT2D eigenvalue weighted by atomic mass is 9.86. The van der Waals surface area contributed by atoms with Gasteiger partial charge in [-0.25, -0.2) is 8.42 Å². The number of anilines is 1. The predicted octanol–water partition coefficient (Wildman–Crippen LogP) is 6.67. The average Bonchev–Trinajstić information content (AvgIpc) is 3.03. The third-order valence-corrected chi connectivity index (χ3v) is 9.76. The molecule has 4 rings (SSSR count). The molecule has 0 aliphatic carbocycles. The predicted molar refractivity (Wildman–Crippen MR) is 162 cm³/mol. The number of carbonyl (C=O) groups excluding carboxylic acids is 1. The highest BCUT2D eigenvalue weighted by atomic mass is 32.2. The van der Waals surface area contributed by atoms with Gasteiger partial charge >= 0.3 is 6.18 Å². The van der Waals surface area contributed by atoms with Gasteiger partial charge in [-0.3, -0.25) is 4.79 Å². The summed E-state index contributed by atoms with van der Waals surface area (Å²) in [5.41, 5.74) is 2.05. The third kappa shape index (κ3) is 7.98. The van der Waals surface area contributed by atoms with Crippen molar-refractivity contribution < 1.29 is 31.1 Å². The van der Waals surface area contributed by atoms with Gasteiger partial charge < -0.3 is 15.0 Å². The zero-order chi connectivity index (χ0) is 31.9. The molecule has 1 amide bonds. The Hall–Kier alpha value is -3.88. The van der Waals surface area contributed by atoms with E-state index < -0.39 is 27.6 Å².